The van der Waals surface area contributed by atoms with Gasteiger partial charge in [-0.3, -0.25) is 14.2 Å². The zero-order valence-electron chi connectivity index (χ0n) is 12.3. The van der Waals surface area contributed by atoms with Crippen molar-refractivity contribution >= 4 is 38.9 Å². The quantitative estimate of drug-likeness (QED) is 0.699. The number of thiophene rings is 1. The molecule has 3 rings (SSSR count). The Hall–Kier alpha value is -2.45. The molecule has 0 aliphatic carbocycles. The van der Waals surface area contributed by atoms with E-state index in [1.54, 1.807) is 18.2 Å². The molecule has 122 valence electrons. The van der Waals surface area contributed by atoms with Crippen molar-refractivity contribution in [2.24, 2.45) is 0 Å². The van der Waals surface area contributed by atoms with Gasteiger partial charge < -0.3 is 10.3 Å². The maximum Gasteiger partial charge on any atom is 0.328 e. The monoisotopic (exact) mass is 405 g/mol. The van der Waals surface area contributed by atoms with Gasteiger partial charge >= 0.3 is 5.69 Å². The summed E-state index contributed by atoms with van der Waals surface area (Å²) >= 11 is 4.75. The summed E-state index contributed by atoms with van der Waals surface area (Å²) in [6, 6.07) is 10.7. The van der Waals surface area contributed by atoms with E-state index in [9.17, 15) is 14.4 Å². The zero-order valence-corrected chi connectivity index (χ0v) is 14.7. The van der Waals surface area contributed by atoms with Crippen molar-refractivity contribution in [2.75, 3.05) is 5.32 Å². The molecule has 0 aliphatic heterocycles. The standard InChI is InChI=1S/C16H12BrN3O3S/c17-10-3-1-4-11(7-10)19-14(21)13-8-18-16(23)20(15(13)22)9-12-5-2-6-24-12/h1-8H,9H2,(H,18,23)(H,19,21). The Kier molecular flexibility index (Phi) is 4.77. The van der Waals surface area contributed by atoms with Crippen LogP contribution in [0.1, 0.15) is 15.2 Å². The van der Waals surface area contributed by atoms with Gasteiger partial charge in [0.1, 0.15) is 5.56 Å². The highest BCUT2D eigenvalue weighted by molar-refractivity contribution is 9.10. The lowest BCUT2D eigenvalue weighted by atomic mass is 10.2. The molecule has 0 saturated carbocycles. The van der Waals surface area contributed by atoms with Gasteiger partial charge in [-0.15, -0.1) is 11.3 Å². The van der Waals surface area contributed by atoms with E-state index in [-0.39, 0.29) is 12.1 Å². The van der Waals surface area contributed by atoms with E-state index < -0.39 is 17.2 Å². The number of anilines is 1. The third-order valence-corrected chi connectivity index (χ3v) is 4.64. The number of amides is 1. The molecule has 8 heteroatoms. The van der Waals surface area contributed by atoms with E-state index in [2.05, 4.69) is 26.2 Å². The van der Waals surface area contributed by atoms with Gasteiger partial charge in [0.05, 0.1) is 6.54 Å². The minimum absolute atomic E-state index is 0.119. The normalized spacial score (nSPS) is 10.5. The first-order valence-electron chi connectivity index (χ1n) is 6.96. The van der Waals surface area contributed by atoms with Gasteiger partial charge in [0.2, 0.25) is 0 Å². The van der Waals surface area contributed by atoms with Crippen molar-refractivity contribution in [1.29, 1.82) is 0 Å². The lowest BCUT2D eigenvalue weighted by molar-refractivity contribution is 0.102. The molecule has 0 atom stereocenters. The molecule has 0 spiro atoms. The van der Waals surface area contributed by atoms with Gasteiger partial charge in [0.25, 0.3) is 11.5 Å². The summed E-state index contributed by atoms with van der Waals surface area (Å²) in [6.07, 6.45) is 1.14. The molecular weight excluding hydrogens is 394 g/mol. The molecular formula is C16H12BrN3O3S. The Bertz CT molecular complexity index is 992. The number of benzene rings is 1. The van der Waals surface area contributed by atoms with E-state index in [0.717, 1.165) is 20.1 Å². The summed E-state index contributed by atoms with van der Waals surface area (Å²) in [6.45, 7) is 0.129. The Morgan fingerprint density at radius 3 is 2.79 bits per heavy atom. The number of H-pyrrole nitrogens is 1. The van der Waals surface area contributed by atoms with E-state index in [0.29, 0.717) is 5.69 Å². The molecule has 24 heavy (non-hydrogen) atoms. The first kappa shape index (κ1) is 16.4. The first-order valence-corrected chi connectivity index (χ1v) is 8.63. The van der Waals surface area contributed by atoms with Crippen LogP contribution in [0.5, 0.6) is 0 Å². The lowest BCUT2D eigenvalue weighted by Gasteiger charge is -2.07. The third-order valence-electron chi connectivity index (χ3n) is 3.28. The van der Waals surface area contributed by atoms with E-state index >= 15 is 0 Å². The Labute approximate surface area is 148 Å². The number of hydrogen-bond donors (Lipinski definition) is 2. The summed E-state index contributed by atoms with van der Waals surface area (Å²) in [5, 5.41) is 4.50. The number of carbonyl (C=O) groups excluding carboxylic acids is 1. The molecule has 1 amide bonds. The maximum absolute atomic E-state index is 12.5. The largest absolute Gasteiger partial charge is 0.328 e. The molecule has 2 heterocycles. The number of rotatable bonds is 4. The molecule has 0 unspecified atom stereocenters. The van der Waals surface area contributed by atoms with Gasteiger partial charge in [0.15, 0.2) is 0 Å². The molecule has 0 fully saturated rings. The molecule has 2 aromatic heterocycles. The summed E-state index contributed by atoms with van der Waals surface area (Å²) in [7, 11) is 0. The number of aromatic nitrogens is 2. The van der Waals surface area contributed by atoms with Crippen molar-refractivity contribution in [2.45, 2.75) is 6.54 Å². The highest BCUT2D eigenvalue weighted by atomic mass is 79.9. The van der Waals surface area contributed by atoms with Crippen LogP contribution < -0.4 is 16.6 Å². The Balaban J connectivity index is 1.92. The summed E-state index contributed by atoms with van der Waals surface area (Å²) in [4.78, 5) is 40.1. The summed E-state index contributed by atoms with van der Waals surface area (Å²) < 4.78 is 1.82. The second kappa shape index (κ2) is 6.98. The molecule has 0 saturated heterocycles. The predicted octanol–water partition coefficient (Wildman–Crippen LogP) is 2.66. The van der Waals surface area contributed by atoms with Gasteiger partial charge in [-0.2, -0.15) is 0 Å². The SMILES string of the molecule is O=C(Nc1cccc(Br)c1)c1c[nH]c(=O)n(Cc2cccs2)c1=O. The van der Waals surface area contributed by atoms with Crippen LogP contribution in [0.25, 0.3) is 0 Å². The van der Waals surface area contributed by atoms with Crippen molar-refractivity contribution in [3.05, 3.63) is 83.7 Å². The molecule has 1 aromatic carbocycles. The minimum atomic E-state index is -0.625. The Morgan fingerprint density at radius 1 is 1.25 bits per heavy atom. The number of carbonyl (C=O) groups is 1. The molecule has 2 N–H and O–H groups in total. The van der Waals surface area contributed by atoms with Crippen molar-refractivity contribution in [3.8, 4) is 0 Å². The molecule has 3 aromatic rings. The van der Waals surface area contributed by atoms with Crippen LogP contribution >= 0.6 is 27.3 Å². The molecule has 0 bridgehead atoms. The number of halogens is 1. The van der Waals surface area contributed by atoms with Crippen molar-refractivity contribution in [3.63, 3.8) is 0 Å². The van der Waals surface area contributed by atoms with E-state index in [4.69, 9.17) is 0 Å². The second-order valence-corrected chi connectivity index (χ2v) is 6.89. The highest BCUT2D eigenvalue weighted by Gasteiger charge is 2.15. The van der Waals surface area contributed by atoms with Crippen LogP contribution in [0.4, 0.5) is 5.69 Å². The van der Waals surface area contributed by atoms with Crippen LogP contribution in [0, 0.1) is 0 Å². The first-order chi connectivity index (χ1) is 11.5. The van der Waals surface area contributed by atoms with Gasteiger partial charge in [-0.1, -0.05) is 28.1 Å². The van der Waals surface area contributed by atoms with Crippen LogP contribution in [0.2, 0.25) is 0 Å². The number of nitrogens with one attached hydrogen (secondary N) is 2. The topological polar surface area (TPSA) is 84.0 Å². The number of hydrogen-bond acceptors (Lipinski definition) is 4. The smallest absolute Gasteiger partial charge is 0.322 e. The Morgan fingerprint density at radius 2 is 2.08 bits per heavy atom. The van der Waals surface area contributed by atoms with Gasteiger partial charge in [0, 0.05) is 21.2 Å². The van der Waals surface area contributed by atoms with Crippen LogP contribution in [-0.2, 0) is 6.54 Å². The lowest BCUT2D eigenvalue weighted by Crippen LogP contribution is -2.39. The predicted molar refractivity (Wildman–Crippen MR) is 96.8 cm³/mol. The van der Waals surface area contributed by atoms with Gasteiger partial charge in [-0.25, -0.2) is 4.79 Å². The number of nitrogens with zero attached hydrogens (tertiary/aromatic N) is 1. The second-order valence-electron chi connectivity index (χ2n) is 4.94. The van der Waals surface area contributed by atoms with Crippen molar-refractivity contribution < 1.29 is 4.79 Å². The average molecular weight is 406 g/mol. The highest BCUT2D eigenvalue weighted by Crippen LogP contribution is 2.16. The molecule has 6 nitrogen and oxygen atoms in total. The summed E-state index contributed by atoms with van der Waals surface area (Å²) in [5.74, 6) is -0.575. The van der Waals surface area contributed by atoms with Crippen molar-refractivity contribution in [1.82, 2.24) is 9.55 Å². The minimum Gasteiger partial charge on any atom is -0.322 e. The molecule has 0 radical (unpaired) electrons. The van der Waals surface area contributed by atoms with Crippen LogP contribution in [0.3, 0.4) is 0 Å². The maximum atomic E-state index is 12.5. The van der Waals surface area contributed by atoms with Crippen LogP contribution in [0.15, 0.2) is 62.0 Å². The fraction of sp³-hybridized carbons (Fsp3) is 0.0625. The zero-order chi connectivity index (χ0) is 17.1. The van der Waals surface area contributed by atoms with Gasteiger partial charge in [-0.05, 0) is 29.6 Å². The summed E-state index contributed by atoms with van der Waals surface area (Å²) in [5.41, 5.74) is -0.747. The third kappa shape index (κ3) is 3.55. The molecule has 0 aliphatic rings. The fourth-order valence-electron chi connectivity index (χ4n) is 2.14. The van der Waals surface area contributed by atoms with Crippen LogP contribution in [-0.4, -0.2) is 15.5 Å². The fourth-order valence-corrected chi connectivity index (χ4v) is 3.23. The van der Waals surface area contributed by atoms with E-state index in [1.165, 1.54) is 11.3 Å². The van der Waals surface area contributed by atoms with E-state index in [1.807, 2.05) is 23.6 Å². The number of aromatic amines is 1. The average Bonchev–Trinajstić information content (AvgIpc) is 3.04.